The van der Waals surface area contributed by atoms with Gasteiger partial charge in [0, 0.05) is 30.8 Å². The number of hydrogen-bond acceptors (Lipinski definition) is 4. The van der Waals surface area contributed by atoms with Crippen LogP contribution < -0.4 is 5.32 Å². The van der Waals surface area contributed by atoms with Crippen molar-refractivity contribution in [1.82, 2.24) is 4.31 Å². The number of amides is 1. The molecular formula is C16H24N2O4S. The van der Waals surface area contributed by atoms with Crippen molar-refractivity contribution in [2.45, 2.75) is 27.2 Å². The van der Waals surface area contributed by atoms with Crippen LogP contribution in [-0.2, 0) is 14.8 Å². The maximum atomic E-state index is 12.0. The third-order valence-corrected chi connectivity index (χ3v) is 4.45. The molecule has 0 heterocycles. The minimum atomic E-state index is -3.34. The molecule has 0 unspecified atom stereocenters. The Hall–Kier alpha value is -1.73. The molecule has 0 aliphatic carbocycles. The standard InChI is InChI=1S/C16H24N2O4S/c1-12(2)11-18(23(4,21)22)9-8-16(20)17-15-7-5-6-14(10-15)13(3)19/h5-7,10,12H,8-9,11H2,1-4H3,(H,17,20). The Labute approximate surface area is 137 Å². The van der Waals surface area contributed by atoms with Crippen LogP contribution in [0.5, 0.6) is 0 Å². The molecule has 0 fully saturated rings. The summed E-state index contributed by atoms with van der Waals surface area (Å²) in [5, 5.41) is 2.68. The Bertz CT molecular complexity index is 668. The maximum Gasteiger partial charge on any atom is 0.225 e. The van der Waals surface area contributed by atoms with Gasteiger partial charge in [-0.2, -0.15) is 0 Å². The van der Waals surface area contributed by atoms with Crippen LogP contribution in [0.25, 0.3) is 0 Å². The monoisotopic (exact) mass is 340 g/mol. The quantitative estimate of drug-likeness (QED) is 0.735. The zero-order valence-electron chi connectivity index (χ0n) is 14.0. The number of ketones is 1. The fourth-order valence-corrected chi connectivity index (χ4v) is 3.06. The molecule has 0 radical (unpaired) electrons. The second-order valence-corrected chi connectivity index (χ2v) is 7.93. The second-order valence-electron chi connectivity index (χ2n) is 5.95. The summed E-state index contributed by atoms with van der Waals surface area (Å²) < 4.78 is 24.7. The van der Waals surface area contributed by atoms with Crippen LogP contribution in [0.15, 0.2) is 24.3 Å². The van der Waals surface area contributed by atoms with Crippen molar-refractivity contribution in [2.24, 2.45) is 5.92 Å². The van der Waals surface area contributed by atoms with E-state index in [0.717, 1.165) is 6.26 Å². The maximum absolute atomic E-state index is 12.0. The van der Waals surface area contributed by atoms with Crippen LogP contribution in [-0.4, -0.2) is 43.8 Å². The topological polar surface area (TPSA) is 83.6 Å². The Kier molecular flexibility index (Phi) is 6.90. The van der Waals surface area contributed by atoms with Gasteiger partial charge in [0.15, 0.2) is 5.78 Å². The Balaban J connectivity index is 2.65. The normalized spacial score (nSPS) is 11.7. The summed E-state index contributed by atoms with van der Waals surface area (Å²) in [5.74, 6) is -0.190. The van der Waals surface area contributed by atoms with Crippen LogP contribution in [0.2, 0.25) is 0 Å². The molecule has 128 valence electrons. The highest BCUT2D eigenvalue weighted by molar-refractivity contribution is 7.88. The predicted octanol–water partition coefficient (Wildman–Crippen LogP) is 2.14. The lowest BCUT2D eigenvalue weighted by Gasteiger charge is -2.21. The first-order valence-corrected chi connectivity index (χ1v) is 9.30. The predicted molar refractivity (Wildman–Crippen MR) is 90.9 cm³/mol. The molecule has 0 saturated heterocycles. The van der Waals surface area contributed by atoms with E-state index in [9.17, 15) is 18.0 Å². The first-order valence-electron chi connectivity index (χ1n) is 7.45. The van der Waals surface area contributed by atoms with Crippen molar-refractivity contribution in [3.8, 4) is 0 Å². The molecule has 23 heavy (non-hydrogen) atoms. The lowest BCUT2D eigenvalue weighted by atomic mass is 10.1. The van der Waals surface area contributed by atoms with Gasteiger partial charge in [0.25, 0.3) is 0 Å². The number of nitrogens with one attached hydrogen (secondary N) is 1. The second kappa shape index (κ2) is 8.21. The fraction of sp³-hybridized carbons (Fsp3) is 0.500. The average molecular weight is 340 g/mol. The van der Waals surface area contributed by atoms with E-state index >= 15 is 0 Å². The third kappa shape index (κ3) is 6.92. The SMILES string of the molecule is CC(=O)c1cccc(NC(=O)CCN(CC(C)C)S(C)(=O)=O)c1. The molecule has 6 nitrogen and oxygen atoms in total. The molecule has 0 aromatic heterocycles. The molecule has 0 saturated carbocycles. The van der Waals surface area contributed by atoms with Gasteiger partial charge in [0.2, 0.25) is 15.9 Å². The number of hydrogen-bond donors (Lipinski definition) is 1. The van der Waals surface area contributed by atoms with E-state index < -0.39 is 10.0 Å². The zero-order valence-corrected chi connectivity index (χ0v) is 14.8. The first kappa shape index (κ1) is 19.3. The molecule has 1 rings (SSSR count). The molecule has 1 aromatic carbocycles. The van der Waals surface area contributed by atoms with E-state index in [1.165, 1.54) is 11.2 Å². The van der Waals surface area contributed by atoms with Crippen molar-refractivity contribution in [1.29, 1.82) is 0 Å². The number of Topliss-reactive ketones (excluding diaryl/α,β-unsaturated/α-hetero) is 1. The van der Waals surface area contributed by atoms with Crippen LogP contribution in [0, 0.1) is 5.92 Å². The number of carbonyl (C=O) groups is 2. The molecule has 1 N–H and O–H groups in total. The van der Waals surface area contributed by atoms with Crippen molar-refractivity contribution < 1.29 is 18.0 Å². The highest BCUT2D eigenvalue weighted by Crippen LogP contribution is 2.12. The Morgan fingerprint density at radius 2 is 1.91 bits per heavy atom. The number of nitrogens with zero attached hydrogens (tertiary/aromatic N) is 1. The van der Waals surface area contributed by atoms with Crippen molar-refractivity contribution in [3.05, 3.63) is 29.8 Å². The number of carbonyl (C=O) groups excluding carboxylic acids is 2. The van der Waals surface area contributed by atoms with E-state index in [1.54, 1.807) is 24.3 Å². The third-order valence-electron chi connectivity index (χ3n) is 3.18. The van der Waals surface area contributed by atoms with Gasteiger partial charge in [0.05, 0.1) is 6.26 Å². The Morgan fingerprint density at radius 1 is 1.26 bits per heavy atom. The van der Waals surface area contributed by atoms with E-state index in [-0.39, 0.29) is 30.6 Å². The van der Waals surface area contributed by atoms with Gasteiger partial charge >= 0.3 is 0 Å². The van der Waals surface area contributed by atoms with Gasteiger partial charge in [-0.05, 0) is 25.0 Å². The van der Waals surface area contributed by atoms with Gasteiger partial charge in [-0.3, -0.25) is 9.59 Å². The van der Waals surface area contributed by atoms with Crippen LogP contribution in [0.1, 0.15) is 37.6 Å². The highest BCUT2D eigenvalue weighted by atomic mass is 32.2. The molecule has 7 heteroatoms. The summed E-state index contributed by atoms with van der Waals surface area (Å²) >= 11 is 0. The van der Waals surface area contributed by atoms with Crippen molar-refractivity contribution in [2.75, 3.05) is 24.7 Å². The summed E-state index contributed by atoms with van der Waals surface area (Å²) in [7, 11) is -3.34. The summed E-state index contributed by atoms with van der Waals surface area (Å²) in [4.78, 5) is 23.3. The average Bonchev–Trinajstić information content (AvgIpc) is 2.42. The van der Waals surface area contributed by atoms with Gasteiger partial charge in [0.1, 0.15) is 0 Å². The van der Waals surface area contributed by atoms with Crippen LogP contribution in [0.3, 0.4) is 0 Å². The van der Waals surface area contributed by atoms with Crippen molar-refractivity contribution in [3.63, 3.8) is 0 Å². The van der Waals surface area contributed by atoms with Gasteiger partial charge in [-0.15, -0.1) is 0 Å². The number of rotatable bonds is 8. The van der Waals surface area contributed by atoms with Gasteiger partial charge in [-0.1, -0.05) is 26.0 Å². The lowest BCUT2D eigenvalue weighted by Crippen LogP contribution is -2.35. The van der Waals surface area contributed by atoms with Crippen LogP contribution in [0.4, 0.5) is 5.69 Å². The molecule has 0 aliphatic heterocycles. The van der Waals surface area contributed by atoms with Crippen LogP contribution >= 0.6 is 0 Å². The molecule has 1 amide bonds. The molecule has 0 aliphatic rings. The van der Waals surface area contributed by atoms with E-state index in [4.69, 9.17) is 0 Å². The number of sulfonamides is 1. The molecule has 1 aromatic rings. The summed E-state index contributed by atoms with van der Waals surface area (Å²) in [6.45, 7) is 5.81. The Morgan fingerprint density at radius 3 is 2.43 bits per heavy atom. The van der Waals surface area contributed by atoms with Gasteiger partial charge < -0.3 is 5.32 Å². The number of anilines is 1. The van der Waals surface area contributed by atoms with E-state index in [2.05, 4.69) is 5.32 Å². The molecule has 0 atom stereocenters. The number of benzene rings is 1. The minimum absolute atomic E-state index is 0.0596. The van der Waals surface area contributed by atoms with E-state index in [0.29, 0.717) is 17.8 Å². The lowest BCUT2D eigenvalue weighted by molar-refractivity contribution is -0.116. The summed E-state index contributed by atoms with van der Waals surface area (Å²) in [6, 6.07) is 6.65. The smallest absolute Gasteiger partial charge is 0.225 e. The molecule has 0 bridgehead atoms. The van der Waals surface area contributed by atoms with E-state index in [1.807, 2.05) is 13.8 Å². The largest absolute Gasteiger partial charge is 0.326 e. The van der Waals surface area contributed by atoms with Crippen molar-refractivity contribution >= 4 is 27.4 Å². The molecular weight excluding hydrogens is 316 g/mol. The summed E-state index contributed by atoms with van der Waals surface area (Å²) in [5.41, 5.74) is 1.04. The first-order chi connectivity index (χ1) is 10.6. The molecule has 0 spiro atoms. The fourth-order valence-electron chi connectivity index (χ4n) is 2.07. The zero-order chi connectivity index (χ0) is 17.6. The van der Waals surface area contributed by atoms with Gasteiger partial charge in [-0.25, -0.2) is 12.7 Å². The highest BCUT2D eigenvalue weighted by Gasteiger charge is 2.19. The minimum Gasteiger partial charge on any atom is -0.326 e. The summed E-state index contributed by atoms with van der Waals surface area (Å²) in [6.07, 6.45) is 1.20.